The predicted molar refractivity (Wildman–Crippen MR) is 74.8 cm³/mol. The molecule has 0 bridgehead atoms. The van der Waals surface area contributed by atoms with Crippen LogP contribution in [0.25, 0.3) is 0 Å². The summed E-state index contributed by atoms with van der Waals surface area (Å²) in [5.74, 6) is 0. The Balaban J connectivity index is 3.91. The molecule has 0 aliphatic rings. The van der Waals surface area contributed by atoms with Crippen LogP contribution in [0.4, 0.5) is 0 Å². The molecular weight excluding hydrogens is 194 g/mol. The summed E-state index contributed by atoms with van der Waals surface area (Å²) >= 11 is 0. The molecule has 0 rings (SSSR count). The third kappa shape index (κ3) is 8.72. The largest absolute Gasteiger partial charge is 0.303 e. The van der Waals surface area contributed by atoms with Gasteiger partial charge in [0.2, 0.25) is 0 Å². The van der Waals surface area contributed by atoms with E-state index in [0.717, 1.165) is 6.54 Å². The minimum absolute atomic E-state index is 0.438. The molecule has 0 atom stereocenters. The lowest BCUT2D eigenvalue weighted by molar-refractivity contribution is 0.281. The van der Waals surface area contributed by atoms with Gasteiger partial charge in [-0.15, -0.1) is 0 Å². The first kappa shape index (κ1) is 15.4. The third-order valence-corrected chi connectivity index (χ3v) is 2.82. The summed E-state index contributed by atoms with van der Waals surface area (Å²) in [6.45, 7) is 15.6. The van der Waals surface area contributed by atoms with Gasteiger partial charge in [0.1, 0.15) is 0 Å². The Morgan fingerprint density at radius 3 is 2.12 bits per heavy atom. The molecular formula is C15H29N. The second-order valence-corrected chi connectivity index (χ2v) is 6.16. The zero-order chi connectivity index (χ0) is 12.8. The SMILES string of the molecule is CC(C)=C(C)/C=C\CN(C)CCC(C)(C)C. The molecule has 0 saturated heterocycles. The first-order valence-corrected chi connectivity index (χ1v) is 6.21. The molecule has 0 heterocycles. The van der Waals surface area contributed by atoms with Gasteiger partial charge in [-0.25, -0.2) is 0 Å². The van der Waals surface area contributed by atoms with Crippen LogP contribution in [0, 0.1) is 5.41 Å². The third-order valence-electron chi connectivity index (χ3n) is 2.82. The molecule has 0 radical (unpaired) electrons. The molecule has 0 aromatic carbocycles. The Bertz CT molecular complexity index is 249. The lowest BCUT2D eigenvalue weighted by Crippen LogP contribution is -2.23. The van der Waals surface area contributed by atoms with Crippen LogP contribution in [0.5, 0.6) is 0 Å². The van der Waals surface area contributed by atoms with Gasteiger partial charge < -0.3 is 4.90 Å². The molecule has 0 aromatic rings. The Hall–Kier alpha value is -0.560. The minimum Gasteiger partial charge on any atom is -0.303 e. The summed E-state index contributed by atoms with van der Waals surface area (Å²) in [6, 6.07) is 0. The van der Waals surface area contributed by atoms with Crippen molar-refractivity contribution in [3.05, 3.63) is 23.3 Å². The van der Waals surface area contributed by atoms with Crippen LogP contribution in [-0.4, -0.2) is 25.0 Å². The van der Waals surface area contributed by atoms with Gasteiger partial charge in [0.05, 0.1) is 0 Å². The van der Waals surface area contributed by atoms with E-state index in [-0.39, 0.29) is 0 Å². The molecule has 0 aliphatic heterocycles. The van der Waals surface area contributed by atoms with Crippen molar-refractivity contribution in [3.63, 3.8) is 0 Å². The van der Waals surface area contributed by atoms with Crippen LogP contribution in [0.1, 0.15) is 48.0 Å². The highest BCUT2D eigenvalue weighted by Crippen LogP contribution is 2.18. The van der Waals surface area contributed by atoms with Crippen LogP contribution in [0.2, 0.25) is 0 Å². The van der Waals surface area contributed by atoms with Crippen molar-refractivity contribution in [3.8, 4) is 0 Å². The fourth-order valence-corrected chi connectivity index (χ4v) is 1.19. The summed E-state index contributed by atoms with van der Waals surface area (Å²) in [4.78, 5) is 2.38. The van der Waals surface area contributed by atoms with E-state index in [1.807, 2.05) is 0 Å². The molecule has 0 aromatic heterocycles. The molecule has 0 amide bonds. The van der Waals surface area contributed by atoms with Crippen LogP contribution in [0.15, 0.2) is 23.3 Å². The standard InChI is InChI=1S/C15H29N/c1-13(2)14(3)9-8-11-16(7)12-10-15(4,5)6/h8-9H,10-12H2,1-7H3/b9-8-. The van der Waals surface area contributed by atoms with E-state index in [4.69, 9.17) is 0 Å². The zero-order valence-corrected chi connectivity index (χ0v) is 12.2. The van der Waals surface area contributed by atoms with E-state index < -0.39 is 0 Å². The van der Waals surface area contributed by atoms with Crippen LogP contribution >= 0.6 is 0 Å². The second kappa shape index (κ2) is 6.90. The van der Waals surface area contributed by atoms with Gasteiger partial charge >= 0.3 is 0 Å². The molecule has 1 nitrogen and oxygen atoms in total. The van der Waals surface area contributed by atoms with Crippen LogP contribution < -0.4 is 0 Å². The Morgan fingerprint density at radius 2 is 1.69 bits per heavy atom. The Labute approximate surface area is 102 Å². The van der Waals surface area contributed by atoms with Crippen molar-refractivity contribution < 1.29 is 0 Å². The van der Waals surface area contributed by atoms with Gasteiger partial charge in [0.25, 0.3) is 0 Å². The molecule has 0 unspecified atom stereocenters. The topological polar surface area (TPSA) is 3.24 Å². The lowest BCUT2D eigenvalue weighted by Gasteiger charge is -2.22. The maximum atomic E-state index is 2.38. The van der Waals surface area contributed by atoms with Gasteiger partial charge in [-0.05, 0) is 46.2 Å². The summed E-state index contributed by atoms with van der Waals surface area (Å²) < 4.78 is 0. The molecule has 1 heteroatoms. The van der Waals surface area contributed by atoms with Gasteiger partial charge in [0.15, 0.2) is 0 Å². The highest BCUT2D eigenvalue weighted by atomic mass is 15.1. The van der Waals surface area contributed by atoms with Crippen molar-refractivity contribution >= 4 is 0 Å². The summed E-state index contributed by atoms with van der Waals surface area (Å²) in [6.07, 6.45) is 5.73. The van der Waals surface area contributed by atoms with Crippen molar-refractivity contribution in [2.24, 2.45) is 5.41 Å². The van der Waals surface area contributed by atoms with Crippen molar-refractivity contribution in [1.29, 1.82) is 0 Å². The predicted octanol–water partition coefficient (Wildman–Crippen LogP) is 4.27. The molecule has 16 heavy (non-hydrogen) atoms. The van der Waals surface area contributed by atoms with E-state index in [0.29, 0.717) is 5.41 Å². The number of hydrogen-bond donors (Lipinski definition) is 0. The van der Waals surface area contributed by atoms with E-state index in [9.17, 15) is 0 Å². The van der Waals surface area contributed by atoms with E-state index in [2.05, 4.69) is 65.6 Å². The fraction of sp³-hybridized carbons (Fsp3) is 0.733. The van der Waals surface area contributed by atoms with Crippen LogP contribution in [-0.2, 0) is 0 Å². The van der Waals surface area contributed by atoms with Gasteiger partial charge in [-0.2, -0.15) is 0 Å². The normalized spacial score (nSPS) is 12.5. The summed E-state index contributed by atoms with van der Waals surface area (Å²) in [5, 5.41) is 0. The van der Waals surface area contributed by atoms with Crippen LogP contribution in [0.3, 0.4) is 0 Å². The van der Waals surface area contributed by atoms with E-state index in [1.54, 1.807) is 0 Å². The smallest absolute Gasteiger partial charge is 0.0163 e. The maximum absolute atomic E-state index is 2.38. The molecule has 0 aliphatic carbocycles. The van der Waals surface area contributed by atoms with Crippen molar-refractivity contribution in [2.45, 2.75) is 48.0 Å². The molecule has 94 valence electrons. The molecule has 0 spiro atoms. The number of hydrogen-bond acceptors (Lipinski definition) is 1. The van der Waals surface area contributed by atoms with E-state index >= 15 is 0 Å². The van der Waals surface area contributed by atoms with Crippen molar-refractivity contribution in [2.75, 3.05) is 20.1 Å². The van der Waals surface area contributed by atoms with Gasteiger partial charge in [0, 0.05) is 6.54 Å². The zero-order valence-electron chi connectivity index (χ0n) is 12.2. The summed E-state index contributed by atoms with van der Waals surface area (Å²) in [5.41, 5.74) is 3.21. The number of allylic oxidation sites excluding steroid dienone is 3. The first-order chi connectivity index (χ1) is 7.22. The Morgan fingerprint density at radius 1 is 1.12 bits per heavy atom. The van der Waals surface area contributed by atoms with Crippen molar-refractivity contribution in [1.82, 2.24) is 4.90 Å². The Kier molecular flexibility index (Phi) is 6.66. The quantitative estimate of drug-likeness (QED) is 0.629. The molecule has 0 N–H and O–H groups in total. The number of nitrogens with zero attached hydrogens (tertiary/aromatic N) is 1. The number of likely N-dealkylation sites (N-methyl/N-ethyl adjacent to an activating group) is 1. The average molecular weight is 223 g/mol. The minimum atomic E-state index is 0.438. The first-order valence-electron chi connectivity index (χ1n) is 6.21. The molecule has 0 fully saturated rings. The highest BCUT2D eigenvalue weighted by Gasteiger charge is 2.10. The van der Waals surface area contributed by atoms with E-state index in [1.165, 1.54) is 24.1 Å². The van der Waals surface area contributed by atoms with Gasteiger partial charge in [-0.1, -0.05) is 44.1 Å². The summed E-state index contributed by atoms with van der Waals surface area (Å²) in [7, 11) is 2.19. The molecule has 0 saturated carbocycles. The highest BCUT2D eigenvalue weighted by molar-refractivity contribution is 5.20. The fourth-order valence-electron chi connectivity index (χ4n) is 1.19. The second-order valence-electron chi connectivity index (χ2n) is 6.16. The lowest BCUT2D eigenvalue weighted by atomic mass is 9.92. The number of rotatable bonds is 5. The monoisotopic (exact) mass is 223 g/mol. The maximum Gasteiger partial charge on any atom is 0.0163 e. The average Bonchev–Trinajstić information content (AvgIpc) is 2.13. The van der Waals surface area contributed by atoms with Gasteiger partial charge in [-0.3, -0.25) is 0 Å².